The highest BCUT2D eigenvalue weighted by Gasteiger charge is 2.30. The fraction of sp³-hybridized carbons (Fsp3) is 0. The van der Waals surface area contributed by atoms with Crippen LogP contribution in [0.15, 0.2) is 400 Å². The fourth-order valence-corrected chi connectivity index (χ4v) is 17.1. The second-order valence-corrected chi connectivity index (χ2v) is 28.6. The molecular formula is C102H66N4S. The minimum atomic E-state index is 0.839. The van der Waals surface area contributed by atoms with E-state index in [0.717, 1.165) is 155 Å². The van der Waals surface area contributed by atoms with Crippen molar-refractivity contribution in [2.45, 2.75) is 0 Å². The van der Waals surface area contributed by atoms with E-state index in [1.807, 2.05) is 0 Å². The van der Waals surface area contributed by atoms with Gasteiger partial charge in [-0.15, -0.1) is 11.3 Å². The molecule has 0 spiro atoms. The number of hydrogen-bond donors (Lipinski definition) is 0. The number of benzene rings is 16. The molecule has 0 aliphatic rings. The van der Waals surface area contributed by atoms with Crippen molar-refractivity contribution in [2.24, 2.45) is 0 Å². The summed E-state index contributed by atoms with van der Waals surface area (Å²) in [6.45, 7) is 0. The molecule has 0 aliphatic heterocycles. The third kappa shape index (κ3) is 11.4. The highest BCUT2D eigenvalue weighted by atomic mass is 32.1. The molecule has 0 amide bonds. The van der Waals surface area contributed by atoms with Crippen LogP contribution in [0.3, 0.4) is 0 Å². The van der Waals surface area contributed by atoms with Gasteiger partial charge in [-0.05, 0) is 193 Å². The SMILES string of the molecule is c1ccc(-c2cc(-c3ccccc3)cc(-c3nc(-c4ccc(-n5c6ccccc6c6cc(-c7ccccc7)ccc65)cc4)c(-c4cc(-c5ccccc5)cc(-c5ccccc5)c4)c(-c4ccccc4-c4nc5ccccc5s4)c3-c3ccc(-n4c5ccccc5c5cc(-c6ccccc6)ccc54)cc3)c2)cc1. The van der Waals surface area contributed by atoms with Gasteiger partial charge in [0.2, 0.25) is 0 Å². The van der Waals surface area contributed by atoms with E-state index < -0.39 is 0 Å². The third-order valence-electron chi connectivity index (χ3n) is 21.1. The summed E-state index contributed by atoms with van der Waals surface area (Å²) in [6.07, 6.45) is 0. The van der Waals surface area contributed by atoms with Crippen LogP contribution < -0.4 is 0 Å². The van der Waals surface area contributed by atoms with Gasteiger partial charge in [0.25, 0.3) is 0 Å². The first-order valence-corrected chi connectivity index (χ1v) is 37.3. The Morgan fingerprint density at radius 3 is 0.991 bits per heavy atom. The van der Waals surface area contributed by atoms with E-state index in [4.69, 9.17) is 9.97 Å². The first kappa shape index (κ1) is 62.9. The Morgan fingerprint density at radius 1 is 0.196 bits per heavy atom. The van der Waals surface area contributed by atoms with Gasteiger partial charge in [-0.1, -0.05) is 291 Å². The van der Waals surface area contributed by atoms with Crippen molar-refractivity contribution in [3.05, 3.63) is 400 Å². The summed E-state index contributed by atoms with van der Waals surface area (Å²) >= 11 is 1.73. The molecule has 4 heterocycles. The van der Waals surface area contributed by atoms with Crippen LogP contribution in [0.25, 0.3) is 198 Å². The molecule has 0 N–H and O–H groups in total. The van der Waals surface area contributed by atoms with E-state index in [0.29, 0.717) is 0 Å². The average molecular weight is 1380 g/mol. The molecular weight excluding hydrogens is 1310 g/mol. The number of para-hydroxylation sites is 3. The van der Waals surface area contributed by atoms with Crippen molar-refractivity contribution in [1.29, 1.82) is 0 Å². The first-order chi connectivity index (χ1) is 53.0. The summed E-state index contributed by atoms with van der Waals surface area (Å²) in [5, 5.41) is 5.73. The highest BCUT2D eigenvalue weighted by molar-refractivity contribution is 7.21. The van der Waals surface area contributed by atoms with Crippen LogP contribution in [0.2, 0.25) is 0 Å². The van der Waals surface area contributed by atoms with Crippen molar-refractivity contribution in [3.63, 3.8) is 0 Å². The predicted octanol–water partition coefficient (Wildman–Crippen LogP) is 27.9. The quantitative estimate of drug-likeness (QED) is 0.109. The van der Waals surface area contributed by atoms with Crippen molar-refractivity contribution in [1.82, 2.24) is 19.1 Å². The van der Waals surface area contributed by atoms with Gasteiger partial charge < -0.3 is 9.13 Å². The maximum Gasteiger partial charge on any atom is 0.125 e. The molecule has 0 atom stereocenters. The molecule has 0 fully saturated rings. The van der Waals surface area contributed by atoms with Gasteiger partial charge in [-0.2, -0.15) is 0 Å². The van der Waals surface area contributed by atoms with Gasteiger partial charge >= 0.3 is 0 Å². The van der Waals surface area contributed by atoms with Crippen LogP contribution in [0.4, 0.5) is 0 Å². The molecule has 0 saturated carbocycles. The van der Waals surface area contributed by atoms with Gasteiger partial charge in [0.1, 0.15) is 5.01 Å². The summed E-state index contributed by atoms with van der Waals surface area (Å²) in [5.74, 6) is 0. The minimum absolute atomic E-state index is 0.839. The molecule has 0 radical (unpaired) electrons. The summed E-state index contributed by atoms with van der Waals surface area (Å²) in [6, 6.07) is 146. The fourth-order valence-electron chi connectivity index (χ4n) is 16.1. The van der Waals surface area contributed by atoms with Gasteiger partial charge in [0.15, 0.2) is 0 Å². The van der Waals surface area contributed by atoms with Crippen LogP contribution in [-0.4, -0.2) is 19.1 Å². The largest absolute Gasteiger partial charge is 0.309 e. The molecule has 4 aromatic heterocycles. The van der Waals surface area contributed by atoms with Crippen molar-refractivity contribution < 1.29 is 0 Å². The molecule has 0 aliphatic carbocycles. The van der Waals surface area contributed by atoms with E-state index in [1.54, 1.807) is 11.3 Å². The van der Waals surface area contributed by atoms with E-state index in [9.17, 15) is 0 Å². The zero-order chi connectivity index (χ0) is 70.7. The topological polar surface area (TPSA) is 35.6 Å². The Kier molecular flexibility index (Phi) is 15.7. The number of aromatic nitrogens is 4. The van der Waals surface area contributed by atoms with Gasteiger partial charge in [0.05, 0.1) is 43.7 Å². The number of pyridine rings is 1. The molecule has 500 valence electrons. The average Bonchev–Trinajstić information content (AvgIpc) is 1.01. The predicted molar refractivity (Wildman–Crippen MR) is 451 cm³/mol. The minimum Gasteiger partial charge on any atom is -0.309 e. The van der Waals surface area contributed by atoms with Crippen molar-refractivity contribution in [3.8, 4) is 145 Å². The van der Waals surface area contributed by atoms with E-state index in [-0.39, 0.29) is 0 Å². The van der Waals surface area contributed by atoms with Crippen LogP contribution in [-0.2, 0) is 0 Å². The van der Waals surface area contributed by atoms with Crippen LogP contribution in [0.5, 0.6) is 0 Å². The molecule has 20 rings (SSSR count). The van der Waals surface area contributed by atoms with Crippen molar-refractivity contribution in [2.75, 3.05) is 0 Å². The Bertz CT molecular complexity index is 6590. The van der Waals surface area contributed by atoms with E-state index in [1.165, 1.54) is 43.8 Å². The molecule has 16 aromatic carbocycles. The Labute approximate surface area is 625 Å². The monoisotopic (exact) mass is 1380 g/mol. The van der Waals surface area contributed by atoms with Crippen LogP contribution >= 0.6 is 11.3 Å². The number of rotatable bonds is 14. The maximum absolute atomic E-state index is 6.46. The molecule has 5 heteroatoms. The molecule has 107 heavy (non-hydrogen) atoms. The second kappa shape index (κ2) is 26.8. The lowest BCUT2D eigenvalue weighted by atomic mass is 9.80. The lowest BCUT2D eigenvalue weighted by Crippen LogP contribution is -2.03. The zero-order valence-corrected chi connectivity index (χ0v) is 59.1. The molecule has 20 aromatic rings. The van der Waals surface area contributed by atoms with E-state index in [2.05, 4.69) is 410 Å². The Hall–Kier alpha value is -13.8. The van der Waals surface area contributed by atoms with Gasteiger partial charge in [-0.25, -0.2) is 9.97 Å². The molecule has 0 saturated heterocycles. The third-order valence-corrected chi connectivity index (χ3v) is 22.2. The standard InChI is InChI=1S/C102H66N4S/c1-7-27-67(28-8-1)75-51-57-94-89(65-75)85-39-21-24-44-92(85)105(94)83-53-47-73(48-54-83)97-99(87-41-19-20-42-88(87)102-103-91-43-23-26-46-96(91)107-102)98(81-61-77(69-31-11-3-12-32-69)59-78(62-81)70-33-13-4-14-34-70)100(104-101(97)82-63-79(71-35-15-5-16-36-71)60-80(64-82)72-37-17-6-18-38-72)74-49-55-84(56-50-74)106-93-45-25-22-40-86(93)90-66-76(52-58-95(90)106)68-29-9-2-10-30-68/h1-66H. The zero-order valence-electron chi connectivity index (χ0n) is 58.3. The summed E-state index contributed by atoms with van der Waals surface area (Å²) in [4.78, 5) is 12.0. The molecule has 0 unspecified atom stereocenters. The lowest BCUT2D eigenvalue weighted by Gasteiger charge is -2.26. The van der Waals surface area contributed by atoms with E-state index >= 15 is 0 Å². The smallest absolute Gasteiger partial charge is 0.125 e. The summed E-state index contributed by atoms with van der Waals surface area (Å²) in [7, 11) is 0. The van der Waals surface area contributed by atoms with Crippen molar-refractivity contribution >= 4 is 65.2 Å². The molecule has 0 bridgehead atoms. The lowest BCUT2D eigenvalue weighted by molar-refractivity contribution is 1.18. The number of thiazole rings is 1. The van der Waals surface area contributed by atoms with Gasteiger partial charge in [0, 0.05) is 66.3 Å². The normalized spacial score (nSPS) is 11.6. The number of fused-ring (bicyclic) bond motifs is 7. The Morgan fingerprint density at radius 2 is 0.533 bits per heavy atom. The summed E-state index contributed by atoms with van der Waals surface area (Å²) in [5.41, 5.74) is 31.9. The Balaban J connectivity index is 0.914. The second-order valence-electron chi connectivity index (χ2n) is 27.5. The van der Waals surface area contributed by atoms with Gasteiger partial charge in [-0.3, -0.25) is 0 Å². The van der Waals surface area contributed by atoms with Crippen LogP contribution in [0, 0.1) is 0 Å². The first-order valence-electron chi connectivity index (χ1n) is 36.5. The maximum atomic E-state index is 6.46. The molecule has 4 nitrogen and oxygen atoms in total. The number of hydrogen-bond acceptors (Lipinski definition) is 3. The number of nitrogens with zero attached hydrogens (tertiary/aromatic N) is 4. The van der Waals surface area contributed by atoms with Crippen LogP contribution in [0.1, 0.15) is 0 Å². The highest BCUT2D eigenvalue weighted by Crippen LogP contribution is 2.54. The summed E-state index contributed by atoms with van der Waals surface area (Å²) < 4.78 is 5.98.